The number of ether oxygens (including phenoxy) is 3. The first-order valence-corrected chi connectivity index (χ1v) is 9.03. The van der Waals surface area contributed by atoms with Crippen molar-refractivity contribution >= 4 is 11.6 Å². The van der Waals surface area contributed by atoms with Gasteiger partial charge in [-0.1, -0.05) is 32.9 Å². The van der Waals surface area contributed by atoms with Crippen LogP contribution in [0.25, 0.3) is 0 Å². The molecule has 0 saturated heterocycles. The molecule has 0 aliphatic heterocycles. The van der Waals surface area contributed by atoms with Gasteiger partial charge in [-0.2, -0.15) is 5.10 Å². The first kappa shape index (κ1) is 21.3. The maximum absolute atomic E-state index is 12.0. The number of methoxy groups -OCH3 is 2. The summed E-state index contributed by atoms with van der Waals surface area (Å²) in [4.78, 5) is 12.0. The van der Waals surface area contributed by atoms with Crippen molar-refractivity contribution in [1.29, 1.82) is 0 Å². The first-order valence-electron chi connectivity index (χ1n) is 9.03. The Morgan fingerprint density at radius 2 is 1.64 bits per heavy atom. The fourth-order valence-corrected chi connectivity index (χ4v) is 2.50. The van der Waals surface area contributed by atoms with Crippen molar-refractivity contribution in [3.63, 3.8) is 0 Å². The van der Waals surface area contributed by atoms with Crippen LogP contribution in [0.15, 0.2) is 47.6 Å². The lowest BCUT2D eigenvalue weighted by Gasteiger charge is -2.19. The van der Waals surface area contributed by atoms with Gasteiger partial charge in [0.2, 0.25) is 0 Å². The second-order valence-corrected chi connectivity index (χ2v) is 7.37. The molecular formula is C22H28N2O4. The van der Waals surface area contributed by atoms with Gasteiger partial charge < -0.3 is 14.2 Å². The molecule has 0 atom stereocenters. The molecule has 0 saturated carbocycles. The third-order valence-electron chi connectivity index (χ3n) is 4.24. The topological polar surface area (TPSA) is 69.2 Å². The molecular weight excluding hydrogens is 356 g/mol. The molecule has 0 heterocycles. The monoisotopic (exact) mass is 384 g/mol. The molecule has 0 spiro atoms. The third kappa shape index (κ3) is 5.74. The molecule has 6 heteroatoms. The Balaban J connectivity index is 1.92. The van der Waals surface area contributed by atoms with E-state index < -0.39 is 0 Å². The first-order chi connectivity index (χ1) is 13.2. The van der Waals surface area contributed by atoms with E-state index in [0.29, 0.717) is 23.0 Å². The van der Waals surface area contributed by atoms with E-state index in [1.807, 2.05) is 30.3 Å². The Kier molecular flexibility index (Phi) is 7.04. The average Bonchev–Trinajstić information content (AvgIpc) is 2.69. The van der Waals surface area contributed by atoms with Gasteiger partial charge in [0.1, 0.15) is 5.75 Å². The quantitative estimate of drug-likeness (QED) is 0.580. The fourth-order valence-electron chi connectivity index (χ4n) is 2.50. The molecule has 6 nitrogen and oxygen atoms in total. The zero-order valence-corrected chi connectivity index (χ0v) is 17.3. The van der Waals surface area contributed by atoms with E-state index in [2.05, 4.69) is 31.3 Å². The van der Waals surface area contributed by atoms with Crippen LogP contribution in [-0.4, -0.2) is 32.4 Å². The zero-order chi connectivity index (χ0) is 20.7. The minimum Gasteiger partial charge on any atom is -0.493 e. The second-order valence-electron chi connectivity index (χ2n) is 7.37. The van der Waals surface area contributed by atoms with Gasteiger partial charge >= 0.3 is 0 Å². The van der Waals surface area contributed by atoms with E-state index in [9.17, 15) is 4.79 Å². The summed E-state index contributed by atoms with van der Waals surface area (Å²) in [5.74, 6) is 1.54. The predicted molar refractivity (Wildman–Crippen MR) is 111 cm³/mol. The minimum atomic E-state index is -0.334. The number of benzene rings is 2. The number of amides is 1. The largest absolute Gasteiger partial charge is 0.493 e. The Morgan fingerprint density at radius 1 is 1.00 bits per heavy atom. The lowest BCUT2D eigenvalue weighted by Crippen LogP contribution is -2.25. The van der Waals surface area contributed by atoms with Crippen LogP contribution >= 0.6 is 0 Å². The lowest BCUT2D eigenvalue weighted by atomic mass is 9.87. The van der Waals surface area contributed by atoms with Crippen LogP contribution in [0, 0.1) is 0 Å². The normalized spacial score (nSPS) is 11.7. The number of hydrazone groups is 1. The van der Waals surface area contributed by atoms with Crippen molar-refractivity contribution in [3.05, 3.63) is 53.6 Å². The average molecular weight is 384 g/mol. The Morgan fingerprint density at radius 3 is 2.21 bits per heavy atom. The molecule has 2 aromatic rings. The molecule has 1 N–H and O–H groups in total. The van der Waals surface area contributed by atoms with Crippen LogP contribution in [0.2, 0.25) is 0 Å². The molecule has 1 amide bonds. The molecule has 0 bridgehead atoms. The van der Waals surface area contributed by atoms with E-state index >= 15 is 0 Å². The van der Waals surface area contributed by atoms with E-state index in [4.69, 9.17) is 14.2 Å². The minimum absolute atomic E-state index is 0.0757. The van der Waals surface area contributed by atoms with Crippen molar-refractivity contribution in [1.82, 2.24) is 5.43 Å². The number of carbonyl (C=O) groups is 1. The van der Waals surface area contributed by atoms with Crippen molar-refractivity contribution in [2.75, 3.05) is 20.8 Å². The SMILES string of the molecule is COc1ccc(/C(C)=N/NC(=O)COc2ccc(C(C)(C)C)cc2)cc1OC. The van der Waals surface area contributed by atoms with Crippen molar-refractivity contribution in [3.8, 4) is 17.2 Å². The summed E-state index contributed by atoms with van der Waals surface area (Å²) in [6.45, 7) is 8.13. The van der Waals surface area contributed by atoms with Crippen molar-refractivity contribution in [2.24, 2.45) is 5.10 Å². The Labute approximate surface area is 166 Å². The maximum Gasteiger partial charge on any atom is 0.277 e. The van der Waals surface area contributed by atoms with Crippen molar-refractivity contribution < 1.29 is 19.0 Å². The highest BCUT2D eigenvalue weighted by atomic mass is 16.5. The Bertz CT molecular complexity index is 837. The summed E-state index contributed by atoms with van der Waals surface area (Å²) in [7, 11) is 3.15. The number of rotatable bonds is 7. The molecule has 2 aromatic carbocycles. The Hall–Kier alpha value is -3.02. The molecule has 0 aliphatic rings. The summed E-state index contributed by atoms with van der Waals surface area (Å²) >= 11 is 0. The molecule has 0 unspecified atom stereocenters. The van der Waals surface area contributed by atoms with Gasteiger partial charge in [0.25, 0.3) is 5.91 Å². The molecule has 0 radical (unpaired) electrons. The standard InChI is InChI=1S/C22H28N2O4/c1-15(16-7-12-19(26-5)20(13-16)27-6)23-24-21(25)14-28-18-10-8-17(9-11-18)22(2,3)4/h7-13H,14H2,1-6H3,(H,24,25)/b23-15+. The highest BCUT2D eigenvalue weighted by Gasteiger charge is 2.13. The van der Waals surface area contributed by atoms with Gasteiger partial charge in [0, 0.05) is 5.56 Å². The van der Waals surface area contributed by atoms with Gasteiger partial charge in [0.05, 0.1) is 19.9 Å². The summed E-state index contributed by atoms with van der Waals surface area (Å²) < 4.78 is 16.0. The molecule has 0 aliphatic carbocycles. The summed E-state index contributed by atoms with van der Waals surface area (Å²) in [5.41, 5.74) is 5.25. The van der Waals surface area contributed by atoms with Crippen LogP contribution in [0.3, 0.4) is 0 Å². The van der Waals surface area contributed by atoms with Gasteiger partial charge in [-0.15, -0.1) is 0 Å². The fraction of sp³-hybridized carbons (Fsp3) is 0.364. The number of nitrogens with one attached hydrogen (secondary N) is 1. The number of carbonyl (C=O) groups excluding carboxylic acids is 1. The highest BCUT2D eigenvalue weighted by Crippen LogP contribution is 2.27. The summed E-state index contributed by atoms with van der Waals surface area (Å²) in [6.07, 6.45) is 0. The van der Waals surface area contributed by atoms with Gasteiger partial charge in [-0.25, -0.2) is 5.43 Å². The van der Waals surface area contributed by atoms with Gasteiger partial charge in [-0.05, 0) is 48.2 Å². The molecule has 28 heavy (non-hydrogen) atoms. The van der Waals surface area contributed by atoms with E-state index in [1.54, 1.807) is 33.3 Å². The molecule has 2 rings (SSSR count). The molecule has 0 aromatic heterocycles. The van der Waals surface area contributed by atoms with E-state index in [0.717, 1.165) is 5.56 Å². The third-order valence-corrected chi connectivity index (χ3v) is 4.24. The van der Waals surface area contributed by atoms with Crippen LogP contribution in [0.5, 0.6) is 17.2 Å². The van der Waals surface area contributed by atoms with Gasteiger partial charge in [-0.3, -0.25) is 4.79 Å². The predicted octanol–water partition coefficient (Wildman–Crippen LogP) is 3.92. The van der Waals surface area contributed by atoms with Crippen LogP contribution in [0.1, 0.15) is 38.8 Å². The molecule has 150 valence electrons. The number of hydrogen-bond acceptors (Lipinski definition) is 5. The highest BCUT2D eigenvalue weighted by molar-refractivity contribution is 5.99. The van der Waals surface area contributed by atoms with Crippen LogP contribution in [-0.2, 0) is 10.2 Å². The van der Waals surface area contributed by atoms with Crippen molar-refractivity contribution in [2.45, 2.75) is 33.1 Å². The number of hydrogen-bond donors (Lipinski definition) is 1. The zero-order valence-electron chi connectivity index (χ0n) is 17.3. The summed E-state index contributed by atoms with van der Waals surface area (Å²) in [6, 6.07) is 13.2. The van der Waals surface area contributed by atoms with Crippen LogP contribution < -0.4 is 19.6 Å². The maximum atomic E-state index is 12.0. The molecule has 0 fully saturated rings. The number of nitrogens with zero attached hydrogens (tertiary/aromatic N) is 1. The smallest absolute Gasteiger partial charge is 0.277 e. The van der Waals surface area contributed by atoms with E-state index in [1.165, 1.54) is 5.56 Å². The lowest BCUT2D eigenvalue weighted by molar-refractivity contribution is -0.123. The van der Waals surface area contributed by atoms with Gasteiger partial charge in [0.15, 0.2) is 18.1 Å². The second kappa shape index (κ2) is 9.26. The van der Waals surface area contributed by atoms with E-state index in [-0.39, 0.29) is 17.9 Å². The summed E-state index contributed by atoms with van der Waals surface area (Å²) in [5, 5.41) is 4.12. The van der Waals surface area contributed by atoms with Crippen LogP contribution in [0.4, 0.5) is 0 Å².